The monoisotopic (exact) mass is 268 g/mol. The van der Waals surface area contributed by atoms with Gasteiger partial charge < -0.3 is 0 Å². The van der Waals surface area contributed by atoms with Gasteiger partial charge in [-0.15, -0.1) is 5.47 Å². The third kappa shape index (κ3) is 2.17. The summed E-state index contributed by atoms with van der Waals surface area (Å²) in [4.78, 5) is 0. The Hall–Kier alpha value is -2.02. The van der Waals surface area contributed by atoms with Crippen LogP contribution in [0.1, 0.15) is 23.1 Å². The first kappa shape index (κ1) is 12.7. The van der Waals surface area contributed by atoms with Gasteiger partial charge in [0, 0.05) is 11.8 Å². The quantitative estimate of drug-likeness (QED) is 0.660. The summed E-state index contributed by atoms with van der Waals surface area (Å²) in [6.45, 7) is 0. The van der Waals surface area contributed by atoms with Gasteiger partial charge in [0.2, 0.25) is 0 Å². The SMILES string of the molecule is [B]C1=CC=CC2C=CC=C(c3ccc4c(c3)C=CCC4)[C@@H]12. The van der Waals surface area contributed by atoms with Crippen molar-refractivity contribution < 1.29 is 0 Å². The van der Waals surface area contributed by atoms with Crippen molar-refractivity contribution >= 4 is 19.5 Å². The van der Waals surface area contributed by atoms with E-state index in [0.29, 0.717) is 5.92 Å². The van der Waals surface area contributed by atoms with E-state index in [-0.39, 0.29) is 5.92 Å². The topological polar surface area (TPSA) is 0 Å². The second-order valence-corrected chi connectivity index (χ2v) is 5.97. The summed E-state index contributed by atoms with van der Waals surface area (Å²) in [5, 5.41) is 0. The average molecular weight is 268 g/mol. The predicted octanol–water partition coefficient (Wildman–Crippen LogP) is 4.45. The van der Waals surface area contributed by atoms with Crippen LogP contribution in [-0.2, 0) is 6.42 Å². The minimum atomic E-state index is 0.283. The van der Waals surface area contributed by atoms with Gasteiger partial charge in [-0.1, -0.05) is 60.7 Å². The van der Waals surface area contributed by atoms with Crippen molar-refractivity contribution in [1.29, 1.82) is 0 Å². The standard InChI is InChI=1S/C20H17B/c21-19-10-4-8-15-7-3-9-18(20(15)19)17-12-11-14-5-1-2-6-16(14)13-17/h2-4,6-13,15,20H,1,5H2/t15?,20-/m0/s1. The molecule has 0 N–H and O–H groups in total. The van der Waals surface area contributed by atoms with Gasteiger partial charge in [-0.05, 0) is 41.2 Å². The Balaban J connectivity index is 1.78. The van der Waals surface area contributed by atoms with E-state index in [9.17, 15) is 0 Å². The lowest BCUT2D eigenvalue weighted by atomic mass is 9.66. The number of allylic oxidation sites excluding steroid dienone is 9. The summed E-state index contributed by atoms with van der Waals surface area (Å²) < 4.78 is 0. The third-order valence-electron chi connectivity index (χ3n) is 4.67. The van der Waals surface area contributed by atoms with Crippen molar-refractivity contribution in [3.63, 3.8) is 0 Å². The summed E-state index contributed by atoms with van der Waals surface area (Å²) >= 11 is 0. The maximum atomic E-state index is 6.28. The molecule has 0 amide bonds. The number of fused-ring (bicyclic) bond motifs is 2. The molecular weight excluding hydrogens is 251 g/mol. The highest BCUT2D eigenvalue weighted by Gasteiger charge is 2.27. The summed E-state index contributed by atoms with van der Waals surface area (Å²) in [7, 11) is 6.28. The van der Waals surface area contributed by atoms with Gasteiger partial charge >= 0.3 is 0 Å². The molecule has 1 aromatic carbocycles. The van der Waals surface area contributed by atoms with Crippen molar-refractivity contribution in [3.8, 4) is 0 Å². The first-order valence-corrected chi connectivity index (χ1v) is 7.65. The van der Waals surface area contributed by atoms with Gasteiger partial charge in [-0.3, -0.25) is 0 Å². The summed E-state index contributed by atoms with van der Waals surface area (Å²) in [5.74, 6) is 0.673. The molecule has 1 aromatic rings. The number of rotatable bonds is 1. The van der Waals surface area contributed by atoms with Crippen LogP contribution in [0.3, 0.4) is 0 Å². The molecule has 1 unspecified atom stereocenters. The molecule has 0 fully saturated rings. The number of hydrogen-bond donors (Lipinski definition) is 0. The number of hydrogen-bond acceptors (Lipinski definition) is 0. The summed E-state index contributed by atoms with van der Waals surface area (Å²) in [6.07, 6.45) is 19.8. The van der Waals surface area contributed by atoms with Crippen LogP contribution in [0.2, 0.25) is 0 Å². The Morgan fingerprint density at radius 2 is 1.90 bits per heavy atom. The molecule has 1 heteroatoms. The number of aryl methyl sites for hydroxylation is 1. The van der Waals surface area contributed by atoms with E-state index in [4.69, 9.17) is 7.85 Å². The maximum absolute atomic E-state index is 6.28. The molecule has 100 valence electrons. The van der Waals surface area contributed by atoms with Gasteiger partial charge in [0.15, 0.2) is 0 Å². The van der Waals surface area contributed by atoms with Crippen molar-refractivity contribution in [2.75, 3.05) is 0 Å². The molecule has 0 bridgehead atoms. The maximum Gasteiger partial charge on any atom is 0.108 e. The van der Waals surface area contributed by atoms with Gasteiger partial charge in [-0.2, -0.15) is 0 Å². The van der Waals surface area contributed by atoms with Crippen LogP contribution in [0, 0.1) is 11.8 Å². The highest BCUT2D eigenvalue weighted by atomic mass is 14.3. The van der Waals surface area contributed by atoms with E-state index in [0.717, 1.165) is 18.3 Å². The van der Waals surface area contributed by atoms with Crippen LogP contribution in [0.25, 0.3) is 11.6 Å². The fourth-order valence-electron chi connectivity index (χ4n) is 3.57. The summed E-state index contributed by atoms with van der Waals surface area (Å²) in [6, 6.07) is 6.85. The van der Waals surface area contributed by atoms with Crippen molar-refractivity contribution in [3.05, 3.63) is 82.9 Å². The first-order valence-electron chi connectivity index (χ1n) is 7.65. The van der Waals surface area contributed by atoms with E-state index in [1.807, 2.05) is 6.08 Å². The fraction of sp³-hybridized carbons (Fsp3) is 0.200. The Morgan fingerprint density at radius 1 is 1.05 bits per heavy atom. The second-order valence-electron chi connectivity index (χ2n) is 5.97. The molecule has 3 aliphatic carbocycles. The van der Waals surface area contributed by atoms with E-state index < -0.39 is 0 Å². The van der Waals surface area contributed by atoms with Crippen molar-refractivity contribution in [2.45, 2.75) is 12.8 Å². The Kier molecular flexibility index (Phi) is 3.07. The zero-order chi connectivity index (χ0) is 14.2. The van der Waals surface area contributed by atoms with Crippen LogP contribution in [0.4, 0.5) is 0 Å². The Bertz CT molecular complexity index is 728. The van der Waals surface area contributed by atoms with Crippen molar-refractivity contribution in [1.82, 2.24) is 0 Å². The molecule has 0 spiro atoms. The average Bonchev–Trinajstić information content (AvgIpc) is 2.54. The molecule has 4 rings (SSSR count). The Labute approximate surface area is 127 Å². The zero-order valence-corrected chi connectivity index (χ0v) is 12.0. The Morgan fingerprint density at radius 3 is 2.81 bits per heavy atom. The van der Waals surface area contributed by atoms with E-state index in [1.165, 1.54) is 22.3 Å². The van der Waals surface area contributed by atoms with E-state index in [1.54, 1.807) is 0 Å². The minimum absolute atomic E-state index is 0.283. The summed E-state index contributed by atoms with van der Waals surface area (Å²) in [5.41, 5.74) is 6.41. The van der Waals surface area contributed by atoms with E-state index in [2.05, 4.69) is 60.7 Å². The van der Waals surface area contributed by atoms with Crippen LogP contribution >= 0.6 is 0 Å². The zero-order valence-electron chi connectivity index (χ0n) is 12.0. The lowest BCUT2D eigenvalue weighted by Gasteiger charge is -2.32. The first-order chi connectivity index (χ1) is 10.3. The molecule has 2 atom stereocenters. The smallest absolute Gasteiger partial charge is 0.108 e. The predicted molar refractivity (Wildman–Crippen MR) is 90.9 cm³/mol. The van der Waals surface area contributed by atoms with Crippen molar-refractivity contribution in [2.24, 2.45) is 11.8 Å². The molecule has 3 aliphatic rings. The molecule has 0 aromatic heterocycles. The number of benzene rings is 1. The molecule has 21 heavy (non-hydrogen) atoms. The molecule has 0 saturated carbocycles. The van der Waals surface area contributed by atoms with Gasteiger partial charge in [-0.25, -0.2) is 0 Å². The van der Waals surface area contributed by atoms with Crippen LogP contribution in [-0.4, -0.2) is 7.85 Å². The molecule has 0 aliphatic heterocycles. The molecule has 0 heterocycles. The van der Waals surface area contributed by atoms with Gasteiger partial charge in [0.1, 0.15) is 7.85 Å². The van der Waals surface area contributed by atoms with Gasteiger partial charge in [0.25, 0.3) is 0 Å². The largest absolute Gasteiger partial charge is 0.110 e. The minimum Gasteiger partial charge on any atom is -0.110 e. The van der Waals surface area contributed by atoms with Gasteiger partial charge in [0.05, 0.1) is 0 Å². The lowest BCUT2D eigenvalue weighted by molar-refractivity contribution is 0.666. The highest BCUT2D eigenvalue weighted by molar-refractivity contribution is 6.23. The van der Waals surface area contributed by atoms with Crippen LogP contribution in [0.5, 0.6) is 0 Å². The second kappa shape index (κ2) is 5.07. The van der Waals surface area contributed by atoms with Crippen LogP contribution < -0.4 is 0 Å². The molecule has 2 radical (unpaired) electrons. The molecule has 0 saturated heterocycles. The molecular formula is C20H17B. The third-order valence-corrected chi connectivity index (χ3v) is 4.67. The van der Waals surface area contributed by atoms with E-state index >= 15 is 0 Å². The molecule has 0 nitrogen and oxygen atoms in total. The van der Waals surface area contributed by atoms with Crippen LogP contribution in [0.15, 0.2) is 66.2 Å². The highest BCUT2D eigenvalue weighted by Crippen LogP contribution is 2.40. The normalized spacial score (nSPS) is 25.9. The lowest BCUT2D eigenvalue weighted by Crippen LogP contribution is -2.20. The fourth-order valence-corrected chi connectivity index (χ4v) is 3.57.